The van der Waals surface area contributed by atoms with Crippen LogP contribution in [-0.4, -0.2) is 86.6 Å². The molecular formula is C31H32N6O6. The predicted molar refractivity (Wildman–Crippen MR) is 163 cm³/mol. The fourth-order valence-electron chi connectivity index (χ4n) is 5.36. The van der Waals surface area contributed by atoms with Gasteiger partial charge in [0.05, 0.1) is 28.4 Å². The lowest BCUT2D eigenvalue weighted by atomic mass is 9.99. The Labute approximate surface area is 248 Å². The van der Waals surface area contributed by atoms with Crippen LogP contribution in [0.3, 0.4) is 0 Å². The van der Waals surface area contributed by atoms with Gasteiger partial charge in [-0.15, -0.1) is 0 Å². The van der Waals surface area contributed by atoms with Crippen molar-refractivity contribution in [3.63, 3.8) is 0 Å². The molecule has 3 aromatic rings. The first kappa shape index (κ1) is 28.2. The van der Waals surface area contributed by atoms with E-state index in [4.69, 9.17) is 9.47 Å². The number of carbonyl (C=O) groups is 2. The van der Waals surface area contributed by atoms with Gasteiger partial charge in [0.2, 0.25) is 5.91 Å². The quantitative estimate of drug-likeness (QED) is 0.244. The summed E-state index contributed by atoms with van der Waals surface area (Å²) in [5.41, 5.74) is 3.72. The first-order valence-electron chi connectivity index (χ1n) is 14.1. The molecule has 0 atom stereocenters. The first-order chi connectivity index (χ1) is 20.8. The summed E-state index contributed by atoms with van der Waals surface area (Å²) >= 11 is 0. The zero-order chi connectivity index (χ0) is 30.1. The number of nitrogens with zero attached hydrogens (tertiary/aromatic N) is 4. The van der Waals surface area contributed by atoms with Gasteiger partial charge < -0.3 is 29.9 Å². The molecule has 0 aliphatic carbocycles. The summed E-state index contributed by atoms with van der Waals surface area (Å²) in [6.45, 7) is 4.82. The number of nitro groups is 1. The van der Waals surface area contributed by atoms with Crippen molar-refractivity contribution in [1.82, 2.24) is 9.80 Å². The van der Waals surface area contributed by atoms with Gasteiger partial charge in [0, 0.05) is 67.9 Å². The highest BCUT2D eigenvalue weighted by atomic mass is 16.6. The number of carbonyl (C=O) groups excluding carboxylic acids is 2. The molecule has 0 radical (unpaired) electrons. The lowest BCUT2D eigenvalue weighted by Gasteiger charge is -2.32. The van der Waals surface area contributed by atoms with E-state index in [9.17, 15) is 19.7 Å². The Balaban J connectivity index is 1.30. The number of fused-ring (bicyclic) bond motifs is 2. The van der Waals surface area contributed by atoms with Gasteiger partial charge in [0.1, 0.15) is 13.2 Å². The second-order valence-corrected chi connectivity index (χ2v) is 10.8. The molecule has 0 unspecified atom stereocenters. The Hall–Kier alpha value is -4.94. The number of hydrogen-bond donors (Lipinski definition) is 2. The predicted octanol–water partition coefficient (Wildman–Crippen LogP) is 3.51. The third kappa shape index (κ3) is 5.87. The van der Waals surface area contributed by atoms with E-state index in [1.165, 1.54) is 12.1 Å². The number of ether oxygens (including phenoxy) is 2. The van der Waals surface area contributed by atoms with Crippen molar-refractivity contribution in [1.29, 1.82) is 0 Å². The molecule has 3 aliphatic rings. The van der Waals surface area contributed by atoms with E-state index in [2.05, 4.69) is 27.5 Å². The summed E-state index contributed by atoms with van der Waals surface area (Å²) in [5.74, 6) is 0.790. The van der Waals surface area contributed by atoms with Crippen LogP contribution in [0, 0.1) is 10.1 Å². The minimum atomic E-state index is -0.497. The molecule has 2 N–H and O–H groups in total. The van der Waals surface area contributed by atoms with Crippen molar-refractivity contribution in [3.05, 3.63) is 81.9 Å². The van der Waals surface area contributed by atoms with Crippen molar-refractivity contribution in [2.45, 2.75) is 0 Å². The molecule has 0 saturated carbocycles. The van der Waals surface area contributed by atoms with Crippen LogP contribution < -0.4 is 25.0 Å². The molecule has 12 nitrogen and oxygen atoms in total. The minimum Gasteiger partial charge on any atom is -0.486 e. The topological polar surface area (TPSA) is 130 Å². The number of amides is 2. The lowest BCUT2D eigenvalue weighted by Crippen LogP contribution is -2.48. The maximum atomic E-state index is 13.3. The highest BCUT2D eigenvalue weighted by molar-refractivity contribution is 6.37. The maximum absolute atomic E-state index is 13.3. The standard InChI is InChI=1S/C31H32N6O6/c1-34-11-13-36(14-12-34)19-28(38)35(2)22-6-4-21(5-7-22)32-30(20-3-10-26-27(17-20)43-16-15-42-26)29-24-9-8-23(37(40)41)18-25(24)33-31(29)39/h3-10,17-18,32H,11-16,19H2,1-2H3,(H,33,39)/b30-29-. The number of benzene rings is 3. The molecule has 3 aromatic carbocycles. The molecule has 0 bridgehead atoms. The third-order valence-corrected chi connectivity index (χ3v) is 7.89. The van der Waals surface area contributed by atoms with Gasteiger partial charge in [-0.25, -0.2) is 0 Å². The summed E-state index contributed by atoms with van der Waals surface area (Å²) in [7, 11) is 3.85. The monoisotopic (exact) mass is 584 g/mol. The SMILES string of the molecule is CN1CCN(CC(=O)N(C)c2ccc(N/C(=C3\C(=O)Nc4cc([N+](=O)[O-])ccc43)c3ccc4c(c3)OCCO4)cc2)CC1. The van der Waals surface area contributed by atoms with E-state index < -0.39 is 10.8 Å². The fourth-order valence-corrected chi connectivity index (χ4v) is 5.36. The Kier molecular flexibility index (Phi) is 7.70. The average molecular weight is 585 g/mol. The normalized spacial score (nSPS) is 17.6. The third-order valence-electron chi connectivity index (χ3n) is 7.89. The van der Waals surface area contributed by atoms with Gasteiger partial charge >= 0.3 is 0 Å². The number of non-ortho nitro benzene ring substituents is 1. The second kappa shape index (κ2) is 11.7. The van der Waals surface area contributed by atoms with Crippen molar-refractivity contribution < 1.29 is 24.0 Å². The van der Waals surface area contributed by atoms with Crippen LogP contribution in [0.1, 0.15) is 11.1 Å². The van der Waals surface area contributed by atoms with Gasteiger partial charge in [-0.3, -0.25) is 24.6 Å². The summed E-state index contributed by atoms with van der Waals surface area (Å²) < 4.78 is 11.5. The molecule has 0 aromatic heterocycles. The highest BCUT2D eigenvalue weighted by Gasteiger charge is 2.31. The highest BCUT2D eigenvalue weighted by Crippen LogP contribution is 2.41. The summed E-state index contributed by atoms with van der Waals surface area (Å²) in [5, 5.41) is 17.5. The van der Waals surface area contributed by atoms with Crippen LogP contribution in [-0.2, 0) is 9.59 Å². The smallest absolute Gasteiger partial charge is 0.271 e. The Morgan fingerprint density at radius 2 is 1.72 bits per heavy atom. The molecule has 2 amide bonds. The maximum Gasteiger partial charge on any atom is 0.271 e. The minimum absolute atomic E-state index is 0.0117. The van der Waals surface area contributed by atoms with Crippen LogP contribution >= 0.6 is 0 Å². The first-order valence-corrected chi connectivity index (χ1v) is 14.1. The van der Waals surface area contributed by atoms with Crippen molar-refractivity contribution in [2.75, 3.05) is 75.6 Å². The fraction of sp³-hybridized carbons (Fsp3) is 0.290. The molecule has 3 aliphatic heterocycles. The second-order valence-electron chi connectivity index (χ2n) is 10.8. The van der Waals surface area contributed by atoms with Crippen LogP contribution in [0.25, 0.3) is 11.3 Å². The van der Waals surface area contributed by atoms with Crippen LogP contribution in [0.5, 0.6) is 11.5 Å². The van der Waals surface area contributed by atoms with Crippen molar-refractivity contribution in [3.8, 4) is 11.5 Å². The summed E-state index contributed by atoms with van der Waals surface area (Å²) in [6.07, 6.45) is 0. The van der Waals surface area contributed by atoms with E-state index in [1.807, 2.05) is 30.3 Å². The van der Waals surface area contributed by atoms with Crippen molar-refractivity contribution in [2.24, 2.45) is 0 Å². The van der Waals surface area contributed by atoms with Crippen molar-refractivity contribution >= 4 is 45.8 Å². The number of hydrogen-bond acceptors (Lipinski definition) is 9. The van der Waals surface area contributed by atoms with Gasteiger partial charge in [0.25, 0.3) is 11.6 Å². The number of nitro benzene ring substituents is 1. The Bertz CT molecular complexity index is 1610. The number of nitrogens with one attached hydrogen (secondary N) is 2. The van der Waals surface area contributed by atoms with E-state index >= 15 is 0 Å². The molecule has 6 rings (SSSR count). The molecule has 12 heteroatoms. The van der Waals surface area contributed by atoms with Gasteiger partial charge in [-0.1, -0.05) is 0 Å². The van der Waals surface area contributed by atoms with Crippen LogP contribution in [0.2, 0.25) is 0 Å². The molecule has 0 spiro atoms. The average Bonchev–Trinajstić information content (AvgIpc) is 3.35. The van der Waals surface area contributed by atoms with E-state index in [0.29, 0.717) is 65.0 Å². The summed E-state index contributed by atoms with van der Waals surface area (Å²) in [4.78, 5) is 43.2. The molecule has 222 valence electrons. The zero-order valence-corrected chi connectivity index (χ0v) is 24.0. The number of likely N-dealkylation sites (N-methyl/N-ethyl adjacent to an activating group) is 2. The zero-order valence-electron chi connectivity index (χ0n) is 24.0. The Morgan fingerprint density at radius 3 is 2.44 bits per heavy atom. The lowest BCUT2D eigenvalue weighted by molar-refractivity contribution is -0.384. The number of anilines is 3. The van der Waals surface area contributed by atoms with Gasteiger partial charge in [-0.2, -0.15) is 0 Å². The molecule has 3 heterocycles. The molecule has 1 saturated heterocycles. The molecular weight excluding hydrogens is 552 g/mol. The molecule has 1 fully saturated rings. The largest absolute Gasteiger partial charge is 0.486 e. The van der Waals surface area contributed by atoms with E-state index in [-0.39, 0.29) is 11.6 Å². The number of piperazine rings is 1. The Morgan fingerprint density at radius 1 is 1.00 bits per heavy atom. The van der Waals surface area contributed by atoms with Crippen LogP contribution in [0.15, 0.2) is 60.7 Å². The van der Waals surface area contributed by atoms with E-state index in [1.54, 1.807) is 30.1 Å². The van der Waals surface area contributed by atoms with Gasteiger partial charge in [-0.05, 0) is 55.6 Å². The van der Waals surface area contributed by atoms with Gasteiger partial charge in [0.15, 0.2) is 11.5 Å². The summed E-state index contributed by atoms with van der Waals surface area (Å²) in [6, 6.07) is 17.1. The van der Waals surface area contributed by atoms with Crippen LogP contribution in [0.4, 0.5) is 22.7 Å². The number of rotatable bonds is 7. The molecule has 43 heavy (non-hydrogen) atoms. The van der Waals surface area contributed by atoms with E-state index in [0.717, 1.165) is 31.9 Å².